The van der Waals surface area contributed by atoms with E-state index in [-0.39, 0.29) is 29.6 Å². The van der Waals surface area contributed by atoms with Crippen LogP contribution in [-0.2, 0) is 27.5 Å². The van der Waals surface area contributed by atoms with Crippen molar-refractivity contribution in [3.63, 3.8) is 0 Å². The zero-order valence-electron chi connectivity index (χ0n) is 18.1. The molecule has 3 fully saturated rings. The number of fused-ring (bicyclic) bond motifs is 2. The van der Waals surface area contributed by atoms with Crippen molar-refractivity contribution < 1.29 is 14.4 Å². The fraction of sp³-hybridized carbons (Fsp3) is 0.542. The molecule has 2 atom stereocenters. The third-order valence-corrected chi connectivity index (χ3v) is 7.15. The molecule has 7 heteroatoms. The van der Waals surface area contributed by atoms with E-state index in [4.69, 9.17) is 0 Å². The number of benzene rings is 1. The van der Waals surface area contributed by atoms with E-state index in [2.05, 4.69) is 46.9 Å². The molecule has 3 saturated heterocycles. The molecule has 5 rings (SSSR count). The number of carbonyl (C=O) groups is 3. The lowest BCUT2D eigenvalue weighted by atomic mass is 10.00. The highest BCUT2D eigenvalue weighted by Crippen LogP contribution is 2.35. The minimum absolute atomic E-state index is 0.0266. The monoisotopic (exact) mass is 422 g/mol. The van der Waals surface area contributed by atoms with Crippen molar-refractivity contribution in [1.82, 2.24) is 19.3 Å². The summed E-state index contributed by atoms with van der Waals surface area (Å²) < 4.78 is 2.25. The molecular weight excluding hydrogens is 392 g/mol. The maximum atomic E-state index is 12.9. The van der Waals surface area contributed by atoms with Crippen molar-refractivity contribution >= 4 is 28.6 Å². The average molecular weight is 423 g/mol. The van der Waals surface area contributed by atoms with Crippen LogP contribution in [0.3, 0.4) is 0 Å². The van der Waals surface area contributed by atoms with Gasteiger partial charge in [-0.05, 0) is 31.4 Å². The highest BCUT2D eigenvalue weighted by Gasteiger charge is 2.51. The maximum absolute atomic E-state index is 12.9. The molecule has 7 nitrogen and oxygen atoms in total. The van der Waals surface area contributed by atoms with Crippen LogP contribution in [0.1, 0.15) is 31.7 Å². The Morgan fingerprint density at radius 1 is 1.00 bits per heavy atom. The van der Waals surface area contributed by atoms with Gasteiger partial charge >= 0.3 is 0 Å². The SMILES string of the molecule is CCn1cc(CN2C[C@@H]3C(=O)N(CCCN4CCCC4=O)C(=O)[C@@H]3C2)c2ccccc21. The van der Waals surface area contributed by atoms with Crippen molar-refractivity contribution in [1.29, 1.82) is 0 Å². The van der Waals surface area contributed by atoms with Crippen molar-refractivity contribution in [3.8, 4) is 0 Å². The first-order chi connectivity index (χ1) is 15.1. The van der Waals surface area contributed by atoms with E-state index in [9.17, 15) is 14.4 Å². The summed E-state index contributed by atoms with van der Waals surface area (Å²) in [5.41, 5.74) is 2.48. The topological polar surface area (TPSA) is 65.9 Å². The fourth-order valence-electron chi connectivity index (χ4n) is 5.56. The third-order valence-electron chi connectivity index (χ3n) is 7.15. The van der Waals surface area contributed by atoms with Gasteiger partial charge in [-0.25, -0.2) is 0 Å². The van der Waals surface area contributed by atoms with Crippen LogP contribution >= 0.6 is 0 Å². The zero-order valence-corrected chi connectivity index (χ0v) is 18.1. The number of imide groups is 1. The zero-order chi connectivity index (χ0) is 21.5. The standard InChI is InChI=1S/C24H30N4O3/c1-2-26-14-17(18-7-3-4-8-21(18)26)13-25-15-19-20(16-25)24(31)28(23(19)30)12-6-11-27-10-5-9-22(27)29/h3-4,7-8,14,19-20H,2,5-6,9-13,15-16H2,1H3/t19-,20+. The van der Waals surface area contributed by atoms with Gasteiger partial charge in [0.05, 0.1) is 11.8 Å². The molecule has 2 aromatic rings. The second-order valence-electron chi connectivity index (χ2n) is 9.03. The Hall–Kier alpha value is -2.67. The molecule has 3 amide bonds. The summed E-state index contributed by atoms with van der Waals surface area (Å²) in [6, 6.07) is 8.41. The predicted molar refractivity (Wildman–Crippen MR) is 117 cm³/mol. The summed E-state index contributed by atoms with van der Waals surface area (Å²) in [7, 11) is 0. The number of rotatable bonds is 7. The van der Waals surface area contributed by atoms with E-state index in [1.165, 1.54) is 21.4 Å². The number of aryl methyl sites for hydroxylation is 1. The number of para-hydroxylation sites is 1. The van der Waals surface area contributed by atoms with Gasteiger partial charge in [0, 0.05) is 69.3 Å². The minimum Gasteiger partial charge on any atom is -0.347 e. The lowest BCUT2D eigenvalue weighted by molar-refractivity contribution is -0.140. The largest absolute Gasteiger partial charge is 0.347 e. The summed E-state index contributed by atoms with van der Waals surface area (Å²) in [6.45, 7) is 6.97. The van der Waals surface area contributed by atoms with Gasteiger partial charge in [0.1, 0.15) is 0 Å². The van der Waals surface area contributed by atoms with E-state index in [0.717, 1.165) is 26.1 Å². The van der Waals surface area contributed by atoms with E-state index in [1.807, 2.05) is 4.90 Å². The van der Waals surface area contributed by atoms with E-state index in [1.54, 1.807) is 0 Å². The lowest BCUT2D eigenvalue weighted by Gasteiger charge is -2.22. The van der Waals surface area contributed by atoms with E-state index in [0.29, 0.717) is 39.0 Å². The quantitative estimate of drug-likeness (QED) is 0.641. The average Bonchev–Trinajstić information content (AvgIpc) is 3.51. The molecule has 1 aromatic carbocycles. The number of hydrogen-bond donors (Lipinski definition) is 0. The summed E-state index contributed by atoms with van der Waals surface area (Å²) >= 11 is 0. The second kappa shape index (κ2) is 8.11. The van der Waals surface area contributed by atoms with Crippen molar-refractivity contribution in [2.24, 2.45) is 11.8 Å². The number of hydrogen-bond acceptors (Lipinski definition) is 4. The van der Waals surface area contributed by atoms with Crippen molar-refractivity contribution in [3.05, 3.63) is 36.0 Å². The maximum Gasteiger partial charge on any atom is 0.234 e. The Kier molecular flexibility index (Phi) is 5.30. The smallest absolute Gasteiger partial charge is 0.234 e. The third kappa shape index (κ3) is 3.55. The van der Waals surface area contributed by atoms with Gasteiger partial charge in [-0.1, -0.05) is 18.2 Å². The molecule has 3 aliphatic heterocycles. The number of aromatic nitrogens is 1. The highest BCUT2D eigenvalue weighted by atomic mass is 16.2. The first kappa shape index (κ1) is 20.2. The van der Waals surface area contributed by atoms with Crippen LogP contribution in [0.4, 0.5) is 0 Å². The molecule has 0 radical (unpaired) electrons. The van der Waals surface area contributed by atoms with E-state index >= 15 is 0 Å². The summed E-state index contributed by atoms with van der Waals surface area (Å²) in [4.78, 5) is 43.2. The number of likely N-dealkylation sites (tertiary alicyclic amines) is 3. The van der Waals surface area contributed by atoms with Crippen LogP contribution < -0.4 is 0 Å². The number of amides is 3. The van der Waals surface area contributed by atoms with Gasteiger partial charge in [0.2, 0.25) is 17.7 Å². The Bertz CT molecular complexity index is 1010. The Labute approximate surface area is 182 Å². The van der Waals surface area contributed by atoms with Gasteiger partial charge in [-0.15, -0.1) is 0 Å². The Morgan fingerprint density at radius 2 is 1.74 bits per heavy atom. The molecule has 164 valence electrons. The molecule has 0 saturated carbocycles. The second-order valence-corrected chi connectivity index (χ2v) is 9.03. The van der Waals surface area contributed by atoms with Crippen LogP contribution in [0.2, 0.25) is 0 Å². The summed E-state index contributed by atoms with van der Waals surface area (Å²) in [6.07, 6.45) is 4.41. The molecule has 0 bridgehead atoms. The first-order valence-corrected chi connectivity index (χ1v) is 11.5. The van der Waals surface area contributed by atoms with Gasteiger partial charge in [-0.2, -0.15) is 0 Å². The van der Waals surface area contributed by atoms with Gasteiger partial charge in [-0.3, -0.25) is 24.2 Å². The minimum atomic E-state index is -0.222. The first-order valence-electron chi connectivity index (χ1n) is 11.5. The molecular formula is C24H30N4O3. The molecule has 0 unspecified atom stereocenters. The van der Waals surface area contributed by atoms with Gasteiger partial charge < -0.3 is 9.47 Å². The van der Waals surface area contributed by atoms with Crippen LogP contribution in [0.5, 0.6) is 0 Å². The summed E-state index contributed by atoms with van der Waals surface area (Å²) in [5, 5.41) is 1.25. The van der Waals surface area contributed by atoms with Gasteiger partial charge in [0.15, 0.2) is 0 Å². The Balaban J connectivity index is 1.21. The van der Waals surface area contributed by atoms with Crippen molar-refractivity contribution in [2.45, 2.75) is 39.3 Å². The molecule has 1 aromatic heterocycles. The summed E-state index contributed by atoms with van der Waals surface area (Å²) in [5.74, 6) is -0.306. The lowest BCUT2D eigenvalue weighted by Crippen LogP contribution is -2.38. The highest BCUT2D eigenvalue weighted by molar-refractivity contribution is 6.05. The molecule has 3 aliphatic rings. The molecule has 0 aliphatic carbocycles. The molecule has 0 N–H and O–H groups in total. The van der Waals surface area contributed by atoms with E-state index < -0.39 is 0 Å². The van der Waals surface area contributed by atoms with Crippen molar-refractivity contribution in [2.75, 3.05) is 32.7 Å². The molecule has 4 heterocycles. The number of nitrogens with zero attached hydrogens (tertiary/aromatic N) is 4. The molecule has 31 heavy (non-hydrogen) atoms. The van der Waals surface area contributed by atoms with Crippen LogP contribution in [0.25, 0.3) is 10.9 Å². The number of carbonyl (C=O) groups excluding carboxylic acids is 3. The van der Waals surface area contributed by atoms with Crippen LogP contribution in [0.15, 0.2) is 30.5 Å². The Morgan fingerprint density at radius 3 is 2.42 bits per heavy atom. The van der Waals surface area contributed by atoms with Crippen LogP contribution in [0, 0.1) is 11.8 Å². The van der Waals surface area contributed by atoms with Gasteiger partial charge in [0.25, 0.3) is 0 Å². The molecule has 0 spiro atoms. The normalized spacial score (nSPS) is 24.2. The van der Waals surface area contributed by atoms with Crippen LogP contribution in [-0.4, -0.2) is 69.7 Å². The fourth-order valence-corrected chi connectivity index (χ4v) is 5.56. The predicted octanol–water partition coefficient (Wildman–Crippen LogP) is 2.09.